The summed E-state index contributed by atoms with van der Waals surface area (Å²) in [6, 6.07) is -1.48. The molecule has 0 fully saturated rings. The van der Waals surface area contributed by atoms with E-state index in [2.05, 4.69) is 50.3 Å². The van der Waals surface area contributed by atoms with Crippen LogP contribution in [0.4, 0.5) is 0 Å². The fraction of sp³-hybridized carbons (Fsp3) is 0.833. The third-order valence-electron chi connectivity index (χ3n) is 10.4. The van der Waals surface area contributed by atoms with Crippen molar-refractivity contribution in [1.82, 2.24) is 0 Å². The molecular weight excluding hydrogens is 766 g/mol. The number of phosphoric acid groups is 1. The van der Waals surface area contributed by atoms with Gasteiger partial charge in [-0.1, -0.05) is 204 Å². The maximum Gasteiger partial charge on any atom is 0.472 e. The smallest absolute Gasteiger partial charge is 0.472 e. The summed E-state index contributed by atoms with van der Waals surface area (Å²) in [6.45, 7) is 3.78. The van der Waals surface area contributed by atoms with Gasteiger partial charge in [0.25, 0.3) is 0 Å². The van der Waals surface area contributed by atoms with E-state index in [1.807, 2.05) is 0 Å². The van der Waals surface area contributed by atoms with Crippen LogP contribution in [0.5, 0.6) is 0 Å². The van der Waals surface area contributed by atoms with Crippen LogP contribution in [0, 0.1) is 0 Å². The van der Waals surface area contributed by atoms with Crippen molar-refractivity contribution >= 4 is 19.8 Å². The number of carbonyl (C=O) groups excluding carboxylic acids is 1. The van der Waals surface area contributed by atoms with E-state index >= 15 is 0 Å². The predicted molar refractivity (Wildman–Crippen MR) is 245 cm³/mol. The largest absolute Gasteiger partial charge is 0.480 e. The highest BCUT2D eigenvalue weighted by molar-refractivity contribution is 7.47. The van der Waals surface area contributed by atoms with E-state index in [-0.39, 0.29) is 13.0 Å². The third kappa shape index (κ3) is 44.1. The molecule has 11 heteroatoms. The van der Waals surface area contributed by atoms with Crippen LogP contribution in [0.1, 0.15) is 219 Å². The number of unbranched alkanes of at least 4 members (excludes halogenated alkanes) is 26. The lowest BCUT2D eigenvalue weighted by molar-refractivity contribution is -0.154. The SMILES string of the molecule is CC/C=C\C/C=C\C/C=C\CCCCCCCC(=O)OC(COCCCCCCCCCCCCCCCCCCCCCCCC)COP(=O)(O)OCC(N)C(=O)O. The zero-order valence-electron chi connectivity index (χ0n) is 37.9. The summed E-state index contributed by atoms with van der Waals surface area (Å²) in [5, 5.41) is 8.91. The highest BCUT2D eigenvalue weighted by Gasteiger charge is 2.27. The molecule has 10 nitrogen and oxygen atoms in total. The van der Waals surface area contributed by atoms with Crippen LogP contribution in [0.2, 0.25) is 0 Å². The normalized spacial score (nSPS) is 14.1. The molecule has 0 aliphatic heterocycles. The minimum atomic E-state index is -4.62. The molecule has 59 heavy (non-hydrogen) atoms. The molecule has 0 saturated carbocycles. The molecule has 0 aliphatic rings. The average Bonchev–Trinajstić information content (AvgIpc) is 3.21. The number of phosphoric ester groups is 1. The van der Waals surface area contributed by atoms with E-state index in [9.17, 15) is 19.0 Å². The molecule has 3 atom stereocenters. The van der Waals surface area contributed by atoms with Gasteiger partial charge in [-0.2, -0.15) is 0 Å². The minimum absolute atomic E-state index is 0.0127. The van der Waals surface area contributed by atoms with Crippen LogP contribution >= 0.6 is 7.82 Å². The van der Waals surface area contributed by atoms with Crippen LogP contribution in [-0.4, -0.2) is 60.5 Å². The summed E-state index contributed by atoms with van der Waals surface area (Å²) in [5.41, 5.74) is 5.36. The molecule has 0 aliphatic carbocycles. The first-order chi connectivity index (χ1) is 28.7. The van der Waals surface area contributed by atoms with Crippen molar-refractivity contribution in [3.63, 3.8) is 0 Å². The van der Waals surface area contributed by atoms with Crippen molar-refractivity contribution in [1.29, 1.82) is 0 Å². The standard InChI is InChI=1S/C48H90NO9P/c1-3-5-7-9-11-13-15-17-19-20-21-22-23-24-25-27-29-31-33-35-37-39-41-55-42-45(43-56-59(53,54)57-44-46(49)48(51)52)58-47(50)40-38-36-34-32-30-28-26-18-16-14-12-10-8-6-4-2/h6,8,12,14,18,26,45-46H,3-5,7,9-11,13,15-17,19-25,27-44,49H2,1-2H3,(H,51,52)(H,53,54)/b8-6-,14-12-,26-18-. The number of carboxylic acids is 1. The first-order valence-electron chi connectivity index (χ1n) is 24.0. The van der Waals surface area contributed by atoms with E-state index in [0.29, 0.717) is 13.0 Å². The molecule has 0 amide bonds. The maximum atomic E-state index is 12.6. The van der Waals surface area contributed by atoms with E-state index in [0.717, 1.165) is 70.6 Å². The zero-order chi connectivity index (χ0) is 43.3. The van der Waals surface area contributed by atoms with Gasteiger partial charge in [0.2, 0.25) is 0 Å². The van der Waals surface area contributed by atoms with Crippen molar-refractivity contribution in [2.45, 2.75) is 231 Å². The number of allylic oxidation sites excluding steroid dienone is 6. The highest BCUT2D eigenvalue weighted by atomic mass is 31.2. The fourth-order valence-electron chi connectivity index (χ4n) is 6.74. The van der Waals surface area contributed by atoms with Gasteiger partial charge in [0.1, 0.15) is 12.1 Å². The quantitative estimate of drug-likeness (QED) is 0.0233. The number of aliphatic carboxylic acids is 1. The number of esters is 1. The second-order valence-corrected chi connectivity index (χ2v) is 17.7. The number of carboxylic acid groups (broad SMARTS) is 1. The van der Waals surface area contributed by atoms with Crippen LogP contribution < -0.4 is 5.73 Å². The predicted octanol–water partition coefficient (Wildman–Crippen LogP) is 13.7. The van der Waals surface area contributed by atoms with Gasteiger partial charge in [-0.3, -0.25) is 18.6 Å². The molecule has 0 aromatic heterocycles. The monoisotopic (exact) mass is 856 g/mol. The van der Waals surface area contributed by atoms with Gasteiger partial charge in [-0.05, 0) is 44.9 Å². The van der Waals surface area contributed by atoms with Gasteiger partial charge in [-0.15, -0.1) is 0 Å². The fourth-order valence-corrected chi connectivity index (χ4v) is 7.52. The van der Waals surface area contributed by atoms with Crippen LogP contribution in [0.15, 0.2) is 36.5 Å². The number of nitrogens with two attached hydrogens (primary N) is 1. The molecule has 0 heterocycles. The molecule has 0 rings (SSSR count). The van der Waals surface area contributed by atoms with Gasteiger partial charge in [0, 0.05) is 13.0 Å². The van der Waals surface area contributed by atoms with Gasteiger partial charge < -0.3 is 25.2 Å². The second kappa shape index (κ2) is 44.3. The Hall–Kier alpha value is -1.81. The van der Waals surface area contributed by atoms with Crippen LogP contribution in [-0.2, 0) is 32.7 Å². The molecule has 0 aromatic carbocycles. The Bertz CT molecular complexity index is 1080. The molecule has 0 radical (unpaired) electrons. The molecule has 0 bridgehead atoms. The summed E-state index contributed by atoms with van der Waals surface area (Å²) in [7, 11) is -4.62. The number of hydrogen-bond acceptors (Lipinski definition) is 8. The second-order valence-electron chi connectivity index (χ2n) is 16.2. The van der Waals surface area contributed by atoms with Crippen molar-refractivity contribution in [2.24, 2.45) is 5.73 Å². The first-order valence-corrected chi connectivity index (χ1v) is 25.5. The van der Waals surface area contributed by atoms with Crippen LogP contribution in [0.3, 0.4) is 0 Å². The molecule has 0 aromatic rings. The molecule has 3 unspecified atom stereocenters. The third-order valence-corrected chi connectivity index (χ3v) is 11.4. The molecule has 4 N–H and O–H groups in total. The summed E-state index contributed by atoms with van der Waals surface area (Å²) in [5.74, 6) is -1.79. The number of ether oxygens (including phenoxy) is 2. The van der Waals surface area contributed by atoms with Gasteiger partial charge in [0.05, 0.1) is 19.8 Å². The van der Waals surface area contributed by atoms with Crippen molar-refractivity contribution in [3.05, 3.63) is 36.5 Å². The lowest BCUT2D eigenvalue weighted by atomic mass is 10.0. The first kappa shape index (κ1) is 57.2. The topological polar surface area (TPSA) is 155 Å². The molecular formula is C48H90NO9P. The molecule has 0 saturated heterocycles. The van der Waals surface area contributed by atoms with Crippen molar-refractivity contribution in [2.75, 3.05) is 26.4 Å². The summed E-state index contributed by atoms with van der Waals surface area (Å²) in [6.07, 6.45) is 50.6. The Morgan fingerprint density at radius 3 is 1.47 bits per heavy atom. The van der Waals surface area contributed by atoms with Gasteiger partial charge in [-0.25, -0.2) is 4.57 Å². The number of carbonyl (C=O) groups is 2. The minimum Gasteiger partial charge on any atom is -0.480 e. The Labute approximate surface area is 361 Å². The van der Waals surface area contributed by atoms with Crippen molar-refractivity contribution in [3.8, 4) is 0 Å². The van der Waals surface area contributed by atoms with E-state index in [4.69, 9.17) is 29.4 Å². The van der Waals surface area contributed by atoms with Crippen molar-refractivity contribution < 1.29 is 42.7 Å². The maximum absolute atomic E-state index is 12.6. The highest BCUT2D eigenvalue weighted by Crippen LogP contribution is 2.43. The lowest BCUT2D eigenvalue weighted by Crippen LogP contribution is -2.34. The summed E-state index contributed by atoms with van der Waals surface area (Å²) in [4.78, 5) is 33.6. The lowest BCUT2D eigenvalue weighted by Gasteiger charge is -2.20. The number of rotatable bonds is 46. The van der Waals surface area contributed by atoms with Gasteiger partial charge in [0.15, 0.2) is 0 Å². The van der Waals surface area contributed by atoms with E-state index < -0.39 is 45.1 Å². The summed E-state index contributed by atoms with van der Waals surface area (Å²) >= 11 is 0. The van der Waals surface area contributed by atoms with Gasteiger partial charge >= 0.3 is 19.8 Å². The van der Waals surface area contributed by atoms with Crippen LogP contribution in [0.25, 0.3) is 0 Å². The summed E-state index contributed by atoms with van der Waals surface area (Å²) < 4.78 is 33.4. The Balaban J connectivity index is 4.13. The Kier molecular flexibility index (Phi) is 42.9. The van der Waals surface area contributed by atoms with E-state index in [1.165, 1.54) is 122 Å². The zero-order valence-corrected chi connectivity index (χ0v) is 38.7. The van der Waals surface area contributed by atoms with E-state index in [1.54, 1.807) is 0 Å². The molecule has 0 spiro atoms. The molecule has 346 valence electrons. The average molecular weight is 856 g/mol. The number of hydrogen-bond donors (Lipinski definition) is 3. The Morgan fingerprint density at radius 2 is 0.983 bits per heavy atom. The Morgan fingerprint density at radius 1 is 0.559 bits per heavy atom.